The summed E-state index contributed by atoms with van der Waals surface area (Å²) in [5.41, 5.74) is 2.65. The van der Waals surface area contributed by atoms with Gasteiger partial charge in [0.15, 0.2) is 5.79 Å². The van der Waals surface area contributed by atoms with E-state index in [1.165, 1.54) is 0 Å². The molecule has 4 N–H and O–H groups in total. The summed E-state index contributed by atoms with van der Waals surface area (Å²) in [5.74, 6) is 0.439. The molecule has 192 valence electrons. The summed E-state index contributed by atoms with van der Waals surface area (Å²) in [6.45, 7) is 2.35. The summed E-state index contributed by atoms with van der Waals surface area (Å²) in [6, 6.07) is 17.3. The molecule has 1 saturated heterocycles. The minimum atomic E-state index is -1.32. The van der Waals surface area contributed by atoms with Crippen molar-refractivity contribution < 1.29 is 29.6 Å². The summed E-state index contributed by atoms with van der Waals surface area (Å²) in [7, 11) is 0. The molecule has 1 amide bonds. The lowest BCUT2D eigenvalue weighted by molar-refractivity contribution is -0.319. The number of aliphatic hydroxyl groups is 3. The van der Waals surface area contributed by atoms with Crippen LogP contribution in [0.1, 0.15) is 43.0 Å². The first kappa shape index (κ1) is 27.6. The van der Waals surface area contributed by atoms with Gasteiger partial charge >= 0.3 is 0 Å². The lowest BCUT2D eigenvalue weighted by atomic mass is 9.94. The molecule has 0 unspecified atom stereocenters. The van der Waals surface area contributed by atoms with Crippen LogP contribution < -0.4 is 5.32 Å². The molecule has 0 saturated carbocycles. The number of carbonyl (C=O) groups is 1. The van der Waals surface area contributed by atoms with Crippen molar-refractivity contribution in [1.82, 2.24) is 5.32 Å². The minimum Gasteiger partial charge on any atom is -0.393 e. The van der Waals surface area contributed by atoms with Crippen molar-refractivity contribution in [3.05, 3.63) is 60.2 Å². The van der Waals surface area contributed by atoms with Gasteiger partial charge in [-0.2, -0.15) is 11.8 Å². The molecule has 0 aromatic heterocycles. The Morgan fingerprint density at radius 2 is 1.91 bits per heavy atom. The van der Waals surface area contributed by atoms with Gasteiger partial charge in [-0.15, -0.1) is 0 Å². The van der Waals surface area contributed by atoms with Gasteiger partial charge in [-0.3, -0.25) is 4.79 Å². The highest BCUT2D eigenvalue weighted by molar-refractivity contribution is 7.99. The zero-order valence-corrected chi connectivity index (χ0v) is 21.1. The smallest absolute Gasteiger partial charge is 0.251 e. The molecule has 35 heavy (non-hydrogen) atoms. The average Bonchev–Trinajstić information content (AvgIpc) is 2.88. The third-order valence-corrected chi connectivity index (χ3v) is 7.05. The monoisotopic (exact) mass is 503 g/mol. The molecule has 0 radical (unpaired) electrons. The summed E-state index contributed by atoms with van der Waals surface area (Å²) < 4.78 is 11.8. The molecule has 8 heteroatoms. The highest BCUT2D eigenvalue weighted by Gasteiger charge is 2.44. The van der Waals surface area contributed by atoms with Crippen molar-refractivity contribution in [2.75, 3.05) is 31.3 Å². The summed E-state index contributed by atoms with van der Waals surface area (Å²) in [6.07, 6.45) is -0.909. The maximum absolute atomic E-state index is 12.5. The quantitative estimate of drug-likeness (QED) is 0.311. The zero-order chi connectivity index (χ0) is 25.1. The van der Waals surface area contributed by atoms with Crippen molar-refractivity contribution in [2.24, 2.45) is 0 Å². The Labute approximate surface area is 211 Å². The number of amides is 1. The Hall–Kier alpha value is -1.94. The molecule has 2 aromatic rings. The summed E-state index contributed by atoms with van der Waals surface area (Å²) >= 11 is 1.81. The van der Waals surface area contributed by atoms with Crippen molar-refractivity contribution in [3.8, 4) is 11.1 Å². The van der Waals surface area contributed by atoms with Crippen molar-refractivity contribution in [1.29, 1.82) is 0 Å². The zero-order valence-electron chi connectivity index (χ0n) is 20.3. The van der Waals surface area contributed by atoms with Gasteiger partial charge in [0, 0.05) is 24.9 Å². The van der Waals surface area contributed by atoms with E-state index >= 15 is 0 Å². The largest absolute Gasteiger partial charge is 0.393 e. The number of hydrogen-bond acceptors (Lipinski definition) is 7. The SMILES string of the molecule is CCSCCCO[C@]1(CO)C[C@H](O)C[C@H]([C@H](O)CCNC(=O)c2ccc(-c3ccccc3)cc2)O1. The molecule has 1 aliphatic rings. The van der Waals surface area contributed by atoms with E-state index in [1.54, 1.807) is 12.1 Å². The van der Waals surface area contributed by atoms with Crippen LogP contribution >= 0.6 is 11.8 Å². The van der Waals surface area contributed by atoms with Gasteiger partial charge in [-0.25, -0.2) is 0 Å². The van der Waals surface area contributed by atoms with Crippen LogP contribution in [0.3, 0.4) is 0 Å². The second-order valence-corrected chi connectivity index (χ2v) is 10.2. The fraction of sp³-hybridized carbons (Fsp3) is 0.519. The number of nitrogens with one attached hydrogen (secondary N) is 1. The number of rotatable bonds is 13. The average molecular weight is 504 g/mol. The van der Waals surface area contributed by atoms with E-state index in [4.69, 9.17) is 9.47 Å². The second kappa shape index (κ2) is 14.0. The molecule has 4 atom stereocenters. The molecule has 7 nitrogen and oxygen atoms in total. The van der Waals surface area contributed by atoms with Crippen LogP contribution in [-0.2, 0) is 9.47 Å². The molecular weight excluding hydrogens is 466 g/mol. The fourth-order valence-electron chi connectivity index (χ4n) is 4.19. The van der Waals surface area contributed by atoms with Gasteiger partial charge in [-0.1, -0.05) is 49.4 Å². The third kappa shape index (κ3) is 8.31. The maximum atomic E-state index is 12.5. The van der Waals surface area contributed by atoms with E-state index in [-0.39, 0.29) is 31.7 Å². The number of thioether (sulfide) groups is 1. The summed E-state index contributed by atoms with van der Waals surface area (Å²) in [4.78, 5) is 12.5. The Bertz CT molecular complexity index is 896. The van der Waals surface area contributed by atoms with Crippen LogP contribution in [0, 0.1) is 0 Å². The van der Waals surface area contributed by atoms with E-state index < -0.39 is 30.7 Å². The molecule has 3 rings (SSSR count). The minimum absolute atomic E-state index is 0.156. The van der Waals surface area contributed by atoms with Gasteiger partial charge in [0.1, 0.15) is 0 Å². The lowest BCUT2D eigenvalue weighted by Gasteiger charge is -2.43. The Morgan fingerprint density at radius 1 is 1.20 bits per heavy atom. The number of hydrogen-bond donors (Lipinski definition) is 4. The predicted octanol–water partition coefficient (Wildman–Crippen LogP) is 3.22. The third-order valence-electron chi connectivity index (χ3n) is 6.07. The molecule has 0 bridgehead atoms. The van der Waals surface area contributed by atoms with E-state index in [0.717, 1.165) is 29.1 Å². The van der Waals surface area contributed by atoms with Gasteiger partial charge in [0.2, 0.25) is 0 Å². The molecular formula is C27H37NO6S. The number of ether oxygens (including phenoxy) is 2. The Kier molecular flexibility index (Phi) is 11.0. The van der Waals surface area contributed by atoms with E-state index in [1.807, 2.05) is 54.2 Å². The lowest BCUT2D eigenvalue weighted by Crippen LogP contribution is -2.54. The van der Waals surface area contributed by atoms with Gasteiger partial charge < -0.3 is 30.1 Å². The van der Waals surface area contributed by atoms with Gasteiger partial charge in [0.05, 0.1) is 31.5 Å². The first-order valence-corrected chi connectivity index (χ1v) is 13.4. The maximum Gasteiger partial charge on any atom is 0.251 e. The second-order valence-electron chi connectivity index (χ2n) is 8.77. The predicted molar refractivity (Wildman–Crippen MR) is 138 cm³/mol. The topological polar surface area (TPSA) is 108 Å². The van der Waals surface area contributed by atoms with Crippen LogP contribution in [0.2, 0.25) is 0 Å². The standard InChI is InChI=1S/C27H37NO6S/c1-2-35-16-6-15-33-27(19-29)18-23(30)17-25(34-27)24(31)13-14-28-26(32)22-11-9-21(10-12-22)20-7-4-3-5-8-20/h3-5,7-12,23-25,29-31H,2,6,13-19H2,1H3,(H,28,32)/t23-,24-,25-,27-/m1/s1. The highest BCUT2D eigenvalue weighted by Crippen LogP contribution is 2.32. The van der Waals surface area contributed by atoms with Gasteiger partial charge in [0.25, 0.3) is 5.91 Å². The molecule has 1 aliphatic heterocycles. The fourth-order valence-corrected chi connectivity index (χ4v) is 4.80. The van der Waals surface area contributed by atoms with Crippen molar-refractivity contribution in [2.45, 2.75) is 56.7 Å². The first-order chi connectivity index (χ1) is 17.0. The van der Waals surface area contributed by atoms with E-state index in [0.29, 0.717) is 12.2 Å². The van der Waals surface area contributed by atoms with Crippen LogP contribution in [0.25, 0.3) is 11.1 Å². The Balaban J connectivity index is 1.47. The number of aliphatic hydroxyl groups excluding tert-OH is 3. The van der Waals surface area contributed by atoms with Crippen molar-refractivity contribution >= 4 is 17.7 Å². The molecule has 0 aliphatic carbocycles. The van der Waals surface area contributed by atoms with Crippen molar-refractivity contribution in [3.63, 3.8) is 0 Å². The van der Waals surface area contributed by atoms with Crippen LogP contribution in [0.5, 0.6) is 0 Å². The molecule has 0 spiro atoms. The molecule has 1 heterocycles. The normalized spacial score (nSPS) is 23.1. The Morgan fingerprint density at radius 3 is 2.60 bits per heavy atom. The number of carbonyl (C=O) groups excluding carboxylic acids is 1. The highest BCUT2D eigenvalue weighted by atomic mass is 32.2. The number of benzene rings is 2. The first-order valence-electron chi connectivity index (χ1n) is 12.3. The summed E-state index contributed by atoms with van der Waals surface area (Å²) in [5, 5.41) is 33.8. The van der Waals surface area contributed by atoms with E-state index in [2.05, 4.69) is 12.2 Å². The van der Waals surface area contributed by atoms with Gasteiger partial charge in [-0.05, 0) is 47.6 Å². The van der Waals surface area contributed by atoms with Crippen LogP contribution in [0.4, 0.5) is 0 Å². The van der Waals surface area contributed by atoms with Crippen LogP contribution in [0.15, 0.2) is 54.6 Å². The van der Waals surface area contributed by atoms with E-state index in [9.17, 15) is 20.1 Å². The van der Waals surface area contributed by atoms with Crippen LogP contribution in [-0.4, -0.2) is 76.6 Å². The molecule has 2 aromatic carbocycles. The molecule has 1 fully saturated rings.